The molecule has 1 amide bonds. The van der Waals surface area contributed by atoms with Gasteiger partial charge in [0.25, 0.3) is 0 Å². The van der Waals surface area contributed by atoms with E-state index in [2.05, 4.69) is 15.2 Å². The molecule has 0 aliphatic carbocycles. The Labute approximate surface area is 222 Å². The molecule has 0 radical (unpaired) electrons. The van der Waals surface area contributed by atoms with Crippen LogP contribution in [-0.2, 0) is 15.3 Å². The van der Waals surface area contributed by atoms with E-state index in [1.54, 1.807) is 29.2 Å². The minimum atomic E-state index is -0.857. The van der Waals surface area contributed by atoms with Crippen LogP contribution in [0.4, 0.5) is 5.69 Å². The van der Waals surface area contributed by atoms with Crippen molar-refractivity contribution < 1.29 is 19.1 Å². The van der Waals surface area contributed by atoms with E-state index >= 15 is 0 Å². The summed E-state index contributed by atoms with van der Waals surface area (Å²) in [7, 11) is 1.32. The third-order valence-electron chi connectivity index (χ3n) is 5.78. The summed E-state index contributed by atoms with van der Waals surface area (Å²) in [6.07, 6.45) is -0.857. The number of ether oxygens (including phenoxy) is 2. The van der Waals surface area contributed by atoms with Crippen molar-refractivity contribution in [3.63, 3.8) is 0 Å². The fourth-order valence-corrected chi connectivity index (χ4v) is 5.05. The molecule has 0 unspecified atom stereocenters. The molecule has 0 bridgehead atoms. The summed E-state index contributed by atoms with van der Waals surface area (Å²) in [5.41, 5.74) is 3.70. The van der Waals surface area contributed by atoms with Gasteiger partial charge in [-0.2, -0.15) is 4.98 Å². The molecule has 37 heavy (non-hydrogen) atoms. The fraction of sp³-hybridized carbons (Fsp3) is 0.148. The zero-order chi connectivity index (χ0) is 25.9. The Morgan fingerprint density at radius 2 is 1.76 bits per heavy atom. The van der Waals surface area contributed by atoms with E-state index in [1.807, 2.05) is 48.5 Å². The molecule has 1 aromatic heterocycles. The lowest BCUT2D eigenvalue weighted by molar-refractivity contribution is -0.118. The van der Waals surface area contributed by atoms with E-state index in [9.17, 15) is 9.59 Å². The van der Waals surface area contributed by atoms with Crippen molar-refractivity contribution in [3.8, 4) is 17.1 Å². The molecular formula is C27H21ClN4O4S. The number of carbonyl (C=O) groups is 2. The predicted octanol–water partition coefficient (Wildman–Crippen LogP) is 5.72. The number of amides is 1. The molecule has 10 heteroatoms. The Morgan fingerprint density at radius 3 is 2.49 bits per heavy atom. The maximum Gasteiger partial charge on any atom is 0.337 e. The van der Waals surface area contributed by atoms with Crippen molar-refractivity contribution in [1.82, 2.24) is 15.2 Å². The number of anilines is 1. The molecule has 186 valence electrons. The minimum Gasteiger partial charge on any atom is -0.465 e. The zero-order valence-corrected chi connectivity index (χ0v) is 21.5. The Hall–Kier alpha value is -3.95. The highest BCUT2D eigenvalue weighted by atomic mass is 35.5. The quantitative estimate of drug-likeness (QED) is 0.238. The summed E-state index contributed by atoms with van der Waals surface area (Å²) in [6, 6.07) is 21.6. The fourth-order valence-electron chi connectivity index (χ4n) is 3.99. The number of methoxy groups -OCH3 is 1. The topological polar surface area (TPSA) is 94.5 Å². The van der Waals surface area contributed by atoms with Crippen LogP contribution in [0.3, 0.4) is 0 Å². The number of para-hydroxylation sites is 1. The van der Waals surface area contributed by atoms with Crippen molar-refractivity contribution >= 4 is 40.9 Å². The Morgan fingerprint density at radius 1 is 1.03 bits per heavy atom. The van der Waals surface area contributed by atoms with Gasteiger partial charge < -0.3 is 9.47 Å². The van der Waals surface area contributed by atoms with Crippen LogP contribution in [0.2, 0.25) is 5.02 Å². The van der Waals surface area contributed by atoms with E-state index in [-0.39, 0.29) is 11.8 Å². The number of halogens is 1. The third kappa shape index (κ3) is 5.00. The van der Waals surface area contributed by atoms with Gasteiger partial charge in [-0.1, -0.05) is 71.9 Å². The van der Waals surface area contributed by atoms with E-state index in [0.717, 1.165) is 5.56 Å². The number of benzene rings is 3. The summed E-state index contributed by atoms with van der Waals surface area (Å²) >= 11 is 7.67. The van der Waals surface area contributed by atoms with Crippen LogP contribution >= 0.6 is 23.4 Å². The smallest absolute Gasteiger partial charge is 0.337 e. The number of esters is 1. The van der Waals surface area contributed by atoms with Crippen LogP contribution in [0.25, 0.3) is 11.3 Å². The number of fused-ring (bicyclic) bond motifs is 3. The van der Waals surface area contributed by atoms with E-state index in [1.165, 1.54) is 25.8 Å². The summed E-state index contributed by atoms with van der Waals surface area (Å²) in [5, 5.41) is 9.82. The molecule has 0 spiro atoms. The molecule has 0 saturated carbocycles. The first kappa shape index (κ1) is 24.7. The molecule has 8 nitrogen and oxygen atoms in total. The van der Waals surface area contributed by atoms with Crippen LogP contribution < -0.4 is 9.64 Å². The van der Waals surface area contributed by atoms with Crippen LogP contribution in [0.1, 0.15) is 34.6 Å². The maximum atomic E-state index is 12.9. The lowest BCUT2D eigenvalue weighted by Gasteiger charge is -2.29. The summed E-state index contributed by atoms with van der Waals surface area (Å²) in [5.74, 6) is 0.109. The molecule has 1 atom stereocenters. The molecule has 0 saturated heterocycles. The van der Waals surface area contributed by atoms with Gasteiger partial charge in [0.1, 0.15) is 0 Å². The number of nitrogens with zero attached hydrogens (tertiary/aromatic N) is 4. The molecule has 5 rings (SSSR count). The maximum absolute atomic E-state index is 12.9. The number of hydrogen-bond donors (Lipinski definition) is 0. The molecule has 2 heterocycles. The number of aromatic nitrogens is 3. The second-order valence-electron chi connectivity index (χ2n) is 8.12. The third-order valence-corrected chi connectivity index (χ3v) is 7.04. The Balaban J connectivity index is 1.56. The van der Waals surface area contributed by atoms with Crippen LogP contribution in [0.15, 0.2) is 78.0 Å². The van der Waals surface area contributed by atoms with Crippen LogP contribution in [0.5, 0.6) is 5.88 Å². The van der Waals surface area contributed by atoms with Gasteiger partial charge in [0.2, 0.25) is 23.2 Å². The van der Waals surface area contributed by atoms with Gasteiger partial charge in [-0.05, 0) is 29.8 Å². The van der Waals surface area contributed by atoms with Gasteiger partial charge in [-0.3, -0.25) is 9.69 Å². The molecule has 1 aliphatic heterocycles. The summed E-state index contributed by atoms with van der Waals surface area (Å²) in [4.78, 5) is 31.1. The molecule has 4 aromatic rings. The molecular weight excluding hydrogens is 512 g/mol. The van der Waals surface area contributed by atoms with Crippen molar-refractivity contribution in [1.29, 1.82) is 0 Å². The Bertz CT molecular complexity index is 1480. The minimum absolute atomic E-state index is 0.233. The summed E-state index contributed by atoms with van der Waals surface area (Å²) < 4.78 is 11.2. The van der Waals surface area contributed by atoms with Crippen LogP contribution in [-0.4, -0.2) is 34.2 Å². The first-order valence-electron chi connectivity index (χ1n) is 11.3. The predicted molar refractivity (Wildman–Crippen MR) is 141 cm³/mol. The first-order valence-corrected chi connectivity index (χ1v) is 12.7. The van der Waals surface area contributed by atoms with Crippen LogP contribution in [0, 0.1) is 0 Å². The first-order chi connectivity index (χ1) is 18.0. The van der Waals surface area contributed by atoms with Gasteiger partial charge in [-0.15, -0.1) is 10.2 Å². The number of hydrogen-bond acceptors (Lipinski definition) is 8. The van der Waals surface area contributed by atoms with E-state index < -0.39 is 12.2 Å². The second kappa shape index (κ2) is 10.6. The summed E-state index contributed by atoms with van der Waals surface area (Å²) in [6.45, 7) is 1.47. The standard InChI is InChI=1S/C27H21ClN4O4S/c1-16(33)32-22-10-6-4-8-20(22)23-24(36-25(32)17-11-13-18(14-12-17)26(34)35-2)29-27(31-30-23)37-15-19-7-3-5-9-21(19)28/h3-14,25H,15H2,1-2H3/t25-/m1/s1. The lowest BCUT2D eigenvalue weighted by Crippen LogP contribution is -2.36. The average Bonchev–Trinajstić information content (AvgIpc) is 3.06. The number of thioether (sulfide) groups is 1. The second-order valence-corrected chi connectivity index (χ2v) is 9.47. The normalized spacial score (nSPS) is 14.1. The van der Waals surface area contributed by atoms with Crippen molar-refractivity contribution in [2.45, 2.75) is 24.1 Å². The monoisotopic (exact) mass is 532 g/mol. The number of carbonyl (C=O) groups excluding carboxylic acids is 2. The van der Waals surface area contributed by atoms with Gasteiger partial charge in [-0.25, -0.2) is 4.79 Å². The average molecular weight is 533 g/mol. The van der Waals surface area contributed by atoms with Crippen molar-refractivity contribution in [2.24, 2.45) is 0 Å². The highest BCUT2D eigenvalue weighted by Gasteiger charge is 2.34. The van der Waals surface area contributed by atoms with Gasteiger partial charge in [0.05, 0.1) is 18.4 Å². The molecule has 0 fully saturated rings. The highest BCUT2D eigenvalue weighted by molar-refractivity contribution is 7.98. The Kier molecular flexibility index (Phi) is 7.07. The van der Waals surface area contributed by atoms with E-state index in [4.69, 9.17) is 21.1 Å². The van der Waals surface area contributed by atoms with E-state index in [0.29, 0.717) is 44.0 Å². The largest absolute Gasteiger partial charge is 0.465 e. The molecule has 3 aromatic carbocycles. The van der Waals surface area contributed by atoms with Gasteiger partial charge in [0.15, 0.2) is 5.69 Å². The number of rotatable bonds is 5. The van der Waals surface area contributed by atoms with Crippen molar-refractivity contribution in [2.75, 3.05) is 12.0 Å². The SMILES string of the molecule is COC(=O)c1ccc([C@H]2Oc3nc(SCc4ccccc4Cl)nnc3-c3ccccc3N2C(C)=O)cc1. The van der Waals surface area contributed by atoms with Gasteiger partial charge >= 0.3 is 5.97 Å². The highest BCUT2D eigenvalue weighted by Crippen LogP contribution is 2.43. The lowest BCUT2D eigenvalue weighted by atomic mass is 10.1. The van der Waals surface area contributed by atoms with Gasteiger partial charge in [0, 0.05) is 28.8 Å². The molecule has 0 N–H and O–H groups in total. The molecule has 1 aliphatic rings. The van der Waals surface area contributed by atoms with Crippen molar-refractivity contribution in [3.05, 3.63) is 94.5 Å². The zero-order valence-electron chi connectivity index (χ0n) is 19.9.